The van der Waals surface area contributed by atoms with Crippen LogP contribution in [0.4, 0.5) is 8.78 Å². The number of methoxy groups -OCH3 is 1. The van der Waals surface area contributed by atoms with Crippen LogP contribution in [0, 0.1) is 11.6 Å². The number of pyridine rings is 1. The molecule has 0 fully saturated rings. The number of aromatic nitrogens is 1. The smallest absolute Gasteiger partial charge is 0.146 e. The van der Waals surface area contributed by atoms with Crippen LogP contribution in [0.3, 0.4) is 0 Å². The molecule has 0 radical (unpaired) electrons. The van der Waals surface area contributed by atoms with Gasteiger partial charge in [-0.2, -0.15) is 0 Å². The standard InChI is InChI=1S/C14H14F2N2O/c1-17-13(14-11(16)4-3-7-18-14)10-8-9(15)5-6-12(10)19-2/h3-8,13,17H,1-2H3. The fourth-order valence-electron chi connectivity index (χ4n) is 1.98. The van der Waals surface area contributed by atoms with Crippen molar-refractivity contribution in [3.63, 3.8) is 0 Å². The highest BCUT2D eigenvalue weighted by Crippen LogP contribution is 2.30. The van der Waals surface area contributed by atoms with Crippen LogP contribution in [-0.4, -0.2) is 19.1 Å². The molecule has 1 aromatic carbocycles. The van der Waals surface area contributed by atoms with Gasteiger partial charge in [0.05, 0.1) is 18.8 Å². The van der Waals surface area contributed by atoms with Crippen LogP contribution in [0.5, 0.6) is 5.75 Å². The summed E-state index contributed by atoms with van der Waals surface area (Å²) in [7, 11) is 3.14. The van der Waals surface area contributed by atoms with Crippen molar-refractivity contribution in [2.24, 2.45) is 0 Å². The zero-order chi connectivity index (χ0) is 13.8. The first-order chi connectivity index (χ1) is 9.17. The minimum absolute atomic E-state index is 0.203. The lowest BCUT2D eigenvalue weighted by Gasteiger charge is -2.19. The highest BCUT2D eigenvalue weighted by Gasteiger charge is 2.21. The van der Waals surface area contributed by atoms with Crippen LogP contribution < -0.4 is 10.1 Å². The van der Waals surface area contributed by atoms with Crippen molar-refractivity contribution < 1.29 is 13.5 Å². The second-order valence-electron chi connectivity index (χ2n) is 3.98. The summed E-state index contributed by atoms with van der Waals surface area (Å²) in [5.41, 5.74) is 0.705. The minimum atomic E-state index is -0.577. The van der Waals surface area contributed by atoms with E-state index in [1.54, 1.807) is 7.05 Å². The van der Waals surface area contributed by atoms with E-state index < -0.39 is 17.7 Å². The number of benzene rings is 1. The van der Waals surface area contributed by atoms with Crippen LogP contribution in [0.2, 0.25) is 0 Å². The molecule has 2 aromatic rings. The predicted octanol–water partition coefficient (Wildman–Crippen LogP) is 2.68. The molecule has 2 rings (SSSR count). The Hall–Kier alpha value is -2.01. The normalized spacial score (nSPS) is 12.2. The molecule has 0 bridgehead atoms. The molecule has 100 valence electrons. The number of ether oxygens (including phenoxy) is 1. The topological polar surface area (TPSA) is 34.1 Å². The Kier molecular flexibility index (Phi) is 4.06. The van der Waals surface area contributed by atoms with Gasteiger partial charge in [-0.25, -0.2) is 8.78 Å². The number of hydrogen-bond donors (Lipinski definition) is 1. The second-order valence-corrected chi connectivity index (χ2v) is 3.98. The largest absolute Gasteiger partial charge is 0.496 e. The van der Waals surface area contributed by atoms with Crippen molar-refractivity contribution in [3.05, 3.63) is 59.4 Å². The van der Waals surface area contributed by atoms with Crippen LogP contribution in [0.1, 0.15) is 17.3 Å². The Bertz CT molecular complexity index is 575. The lowest BCUT2D eigenvalue weighted by molar-refractivity contribution is 0.402. The van der Waals surface area contributed by atoms with Gasteiger partial charge >= 0.3 is 0 Å². The van der Waals surface area contributed by atoms with Gasteiger partial charge in [-0.15, -0.1) is 0 Å². The SMILES string of the molecule is CNC(c1cc(F)ccc1OC)c1ncccc1F. The Morgan fingerprint density at radius 1 is 1.26 bits per heavy atom. The summed E-state index contributed by atoms with van der Waals surface area (Å²) < 4.78 is 32.4. The fraction of sp³-hybridized carbons (Fsp3) is 0.214. The third-order valence-electron chi connectivity index (χ3n) is 2.85. The minimum Gasteiger partial charge on any atom is -0.496 e. The van der Waals surface area contributed by atoms with Gasteiger partial charge in [0, 0.05) is 11.8 Å². The third-order valence-corrected chi connectivity index (χ3v) is 2.85. The maximum absolute atomic E-state index is 13.8. The van der Waals surface area contributed by atoms with Gasteiger partial charge in [0.15, 0.2) is 0 Å². The molecule has 0 aliphatic rings. The highest BCUT2D eigenvalue weighted by atomic mass is 19.1. The average molecular weight is 264 g/mol. The van der Waals surface area contributed by atoms with Crippen molar-refractivity contribution in [2.45, 2.75) is 6.04 Å². The molecular weight excluding hydrogens is 250 g/mol. The molecule has 0 amide bonds. The van der Waals surface area contributed by atoms with Crippen molar-refractivity contribution >= 4 is 0 Å². The molecule has 0 aliphatic carbocycles. The van der Waals surface area contributed by atoms with Gasteiger partial charge in [-0.05, 0) is 37.4 Å². The van der Waals surface area contributed by atoms with E-state index in [0.29, 0.717) is 11.3 Å². The van der Waals surface area contributed by atoms with E-state index in [1.807, 2.05) is 0 Å². The van der Waals surface area contributed by atoms with Gasteiger partial charge in [0.2, 0.25) is 0 Å². The first-order valence-electron chi connectivity index (χ1n) is 5.78. The van der Waals surface area contributed by atoms with Crippen molar-refractivity contribution in [3.8, 4) is 5.75 Å². The monoisotopic (exact) mass is 264 g/mol. The Morgan fingerprint density at radius 2 is 2.05 bits per heavy atom. The van der Waals surface area contributed by atoms with E-state index in [4.69, 9.17) is 4.74 Å². The van der Waals surface area contributed by atoms with Gasteiger partial charge in [0.1, 0.15) is 17.4 Å². The molecular formula is C14H14F2N2O. The number of rotatable bonds is 4. The number of nitrogens with one attached hydrogen (secondary N) is 1. The molecule has 3 nitrogen and oxygen atoms in total. The van der Waals surface area contributed by atoms with Crippen LogP contribution >= 0.6 is 0 Å². The summed E-state index contributed by atoms with van der Waals surface area (Å²) in [4.78, 5) is 4.02. The molecule has 19 heavy (non-hydrogen) atoms. The molecule has 0 saturated carbocycles. The summed E-state index contributed by atoms with van der Waals surface area (Å²) in [5, 5.41) is 2.93. The predicted molar refractivity (Wildman–Crippen MR) is 68.0 cm³/mol. The van der Waals surface area contributed by atoms with E-state index >= 15 is 0 Å². The zero-order valence-corrected chi connectivity index (χ0v) is 10.7. The molecule has 1 heterocycles. The maximum Gasteiger partial charge on any atom is 0.146 e. The highest BCUT2D eigenvalue weighted by molar-refractivity contribution is 5.40. The summed E-state index contributed by atoms with van der Waals surface area (Å²) >= 11 is 0. The van der Waals surface area contributed by atoms with E-state index in [0.717, 1.165) is 0 Å². The molecule has 0 saturated heterocycles. The number of nitrogens with zero attached hydrogens (tertiary/aromatic N) is 1. The lowest BCUT2D eigenvalue weighted by atomic mass is 10.0. The van der Waals surface area contributed by atoms with E-state index in [1.165, 1.54) is 43.6 Å². The van der Waals surface area contributed by atoms with E-state index in [9.17, 15) is 8.78 Å². The van der Waals surface area contributed by atoms with Crippen molar-refractivity contribution in [1.29, 1.82) is 0 Å². The molecule has 5 heteroatoms. The molecule has 1 atom stereocenters. The summed E-state index contributed by atoms with van der Waals surface area (Å²) in [6.07, 6.45) is 1.49. The van der Waals surface area contributed by atoms with Crippen molar-refractivity contribution in [2.75, 3.05) is 14.2 Å². The fourth-order valence-corrected chi connectivity index (χ4v) is 1.98. The first kappa shape index (κ1) is 13.4. The maximum atomic E-state index is 13.8. The lowest BCUT2D eigenvalue weighted by Crippen LogP contribution is -2.21. The van der Waals surface area contributed by atoms with Crippen LogP contribution in [0.15, 0.2) is 36.5 Å². The Morgan fingerprint density at radius 3 is 2.68 bits per heavy atom. The number of hydrogen-bond acceptors (Lipinski definition) is 3. The van der Waals surface area contributed by atoms with Crippen LogP contribution in [-0.2, 0) is 0 Å². The quantitative estimate of drug-likeness (QED) is 0.922. The molecule has 1 aromatic heterocycles. The number of halogens is 2. The van der Waals surface area contributed by atoms with Gasteiger partial charge in [-0.1, -0.05) is 0 Å². The van der Waals surface area contributed by atoms with E-state index in [2.05, 4.69) is 10.3 Å². The van der Waals surface area contributed by atoms with Gasteiger partial charge < -0.3 is 10.1 Å². The Labute approximate surface area is 110 Å². The summed E-state index contributed by atoms with van der Waals surface area (Å²) in [5.74, 6) is -0.383. The van der Waals surface area contributed by atoms with Gasteiger partial charge in [0.25, 0.3) is 0 Å². The molecule has 0 spiro atoms. The average Bonchev–Trinajstić information content (AvgIpc) is 2.42. The van der Waals surface area contributed by atoms with E-state index in [-0.39, 0.29) is 5.69 Å². The zero-order valence-electron chi connectivity index (χ0n) is 10.7. The van der Waals surface area contributed by atoms with Crippen molar-refractivity contribution in [1.82, 2.24) is 10.3 Å². The second kappa shape index (κ2) is 5.75. The summed E-state index contributed by atoms with van der Waals surface area (Å²) in [6.45, 7) is 0. The molecule has 1 unspecified atom stereocenters. The first-order valence-corrected chi connectivity index (χ1v) is 5.78. The van der Waals surface area contributed by atoms with Crippen LogP contribution in [0.25, 0.3) is 0 Å². The molecule has 0 aliphatic heterocycles. The third kappa shape index (κ3) is 2.71. The summed E-state index contributed by atoms with van der Waals surface area (Å²) in [6, 6.07) is 6.37. The molecule has 1 N–H and O–H groups in total. The van der Waals surface area contributed by atoms with Gasteiger partial charge in [-0.3, -0.25) is 4.98 Å². The Balaban J connectivity index is 2.54.